The van der Waals surface area contributed by atoms with Crippen LogP contribution in [0.25, 0.3) is 11.1 Å². The molecular weight excluding hydrogens is 388 g/mol. The van der Waals surface area contributed by atoms with Gasteiger partial charge in [0.15, 0.2) is 0 Å². The number of nitrogens with one attached hydrogen (secondary N) is 2. The molecule has 0 unspecified atom stereocenters. The Bertz CT molecular complexity index is 1040. The minimum atomic E-state index is -0.455. The second-order valence-corrected chi connectivity index (χ2v) is 8.13. The Hall–Kier alpha value is -3.25. The lowest BCUT2D eigenvalue weighted by molar-refractivity contribution is 0.0717. The number of carbonyl (C=O) groups is 1. The van der Waals surface area contributed by atoms with Gasteiger partial charge in [-0.3, -0.25) is 14.8 Å². The highest BCUT2D eigenvalue weighted by Gasteiger charge is 2.25. The summed E-state index contributed by atoms with van der Waals surface area (Å²) in [6, 6.07) is 11.5. The Labute approximate surface area is 182 Å². The second-order valence-electron chi connectivity index (χ2n) is 8.13. The Morgan fingerprint density at radius 3 is 2.71 bits per heavy atom. The van der Waals surface area contributed by atoms with Crippen molar-refractivity contribution in [2.24, 2.45) is 0 Å². The van der Waals surface area contributed by atoms with Crippen molar-refractivity contribution in [1.82, 2.24) is 15.3 Å². The first-order valence-electron chi connectivity index (χ1n) is 10.8. The minimum Gasteiger partial charge on any atom is -0.391 e. The molecule has 1 fully saturated rings. The Morgan fingerprint density at radius 2 is 1.90 bits per heavy atom. The number of hydrogen-bond donors (Lipinski definition) is 3. The summed E-state index contributed by atoms with van der Waals surface area (Å²) in [6.45, 7) is 2.62. The first kappa shape index (κ1) is 21.0. The van der Waals surface area contributed by atoms with Gasteiger partial charge < -0.3 is 15.7 Å². The van der Waals surface area contributed by atoms with Crippen LogP contribution in [0, 0.1) is 6.92 Å². The molecule has 160 valence electrons. The number of anilines is 1. The van der Waals surface area contributed by atoms with E-state index in [1.54, 1.807) is 12.4 Å². The van der Waals surface area contributed by atoms with Crippen molar-refractivity contribution in [3.63, 3.8) is 0 Å². The number of rotatable bonds is 6. The van der Waals surface area contributed by atoms with E-state index in [1.165, 1.54) is 0 Å². The molecule has 0 radical (unpaired) electrons. The van der Waals surface area contributed by atoms with Crippen molar-refractivity contribution in [3.8, 4) is 11.1 Å². The smallest absolute Gasteiger partial charge is 0.251 e. The van der Waals surface area contributed by atoms with Crippen molar-refractivity contribution >= 4 is 11.6 Å². The standard InChI is InChI=1S/C25H28N4O2/c1-17-8-9-18(25(31)29-23-6-2-3-7-24(23)30)11-20(17)15-28-22-12-21(14-27-16-22)19-5-4-10-26-13-19/h4-5,8-14,16,23-24,28,30H,2-3,6-7,15H2,1H3,(H,29,31)/t23-,24-/m0/s1. The summed E-state index contributed by atoms with van der Waals surface area (Å²) >= 11 is 0. The predicted octanol–water partition coefficient (Wildman–Crippen LogP) is 4.10. The molecular formula is C25H28N4O2. The van der Waals surface area contributed by atoms with Crippen LogP contribution in [0.15, 0.2) is 61.2 Å². The van der Waals surface area contributed by atoms with Crippen molar-refractivity contribution < 1.29 is 9.90 Å². The maximum Gasteiger partial charge on any atom is 0.251 e. The molecule has 2 aromatic heterocycles. The lowest BCUT2D eigenvalue weighted by atomic mass is 9.92. The van der Waals surface area contributed by atoms with Gasteiger partial charge in [0.1, 0.15) is 0 Å². The van der Waals surface area contributed by atoms with E-state index in [2.05, 4.69) is 20.6 Å². The number of aryl methyl sites for hydroxylation is 1. The molecule has 1 saturated carbocycles. The molecule has 2 heterocycles. The summed E-state index contributed by atoms with van der Waals surface area (Å²) < 4.78 is 0. The highest BCUT2D eigenvalue weighted by Crippen LogP contribution is 2.22. The Kier molecular flexibility index (Phi) is 6.57. The first-order chi connectivity index (χ1) is 15.1. The number of carbonyl (C=O) groups excluding carboxylic acids is 1. The fraction of sp³-hybridized carbons (Fsp3) is 0.320. The van der Waals surface area contributed by atoms with Crippen molar-refractivity contribution in [2.75, 3.05) is 5.32 Å². The number of amides is 1. The van der Waals surface area contributed by atoms with E-state index in [4.69, 9.17) is 0 Å². The van der Waals surface area contributed by atoms with Crippen molar-refractivity contribution in [3.05, 3.63) is 77.9 Å². The number of benzene rings is 1. The fourth-order valence-electron chi connectivity index (χ4n) is 3.96. The van der Waals surface area contributed by atoms with E-state index >= 15 is 0 Å². The maximum atomic E-state index is 12.7. The van der Waals surface area contributed by atoms with Gasteiger partial charge in [0.2, 0.25) is 0 Å². The largest absolute Gasteiger partial charge is 0.391 e. The monoisotopic (exact) mass is 416 g/mol. The molecule has 1 amide bonds. The lowest BCUT2D eigenvalue weighted by Crippen LogP contribution is -2.45. The Balaban J connectivity index is 1.44. The number of hydrogen-bond acceptors (Lipinski definition) is 5. The molecule has 6 heteroatoms. The lowest BCUT2D eigenvalue weighted by Gasteiger charge is -2.28. The predicted molar refractivity (Wildman–Crippen MR) is 122 cm³/mol. The number of aromatic nitrogens is 2. The molecule has 1 aliphatic carbocycles. The van der Waals surface area contributed by atoms with Crippen LogP contribution in [0.2, 0.25) is 0 Å². The van der Waals surface area contributed by atoms with Gasteiger partial charge in [-0.05, 0) is 55.2 Å². The second kappa shape index (κ2) is 9.71. The van der Waals surface area contributed by atoms with Crippen LogP contribution in [0.3, 0.4) is 0 Å². The van der Waals surface area contributed by atoms with Crippen LogP contribution >= 0.6 is 0 Å². The third-order valence-electron chi connectivity index (χ3n) is 5.87. The molecule has 0 saturated heterocycles. The van der Waals surface area contributed by atoms with Crippen LogP contribution in [0.4, 0.5) is 5.69 Å². The van der Waals surface area contributed by atoms with Crippen LogP contribution < -0.4 is 10.6 Å². The summed E-state index contributed by atoms with van der Waals surface area (Å²) in [4.78, 5) is 21.2. The molecule has 1 aliphatic rings. The minimum absolute atomic E-state index is 0.132. The summed E-state index contributed by atoms with van der Waals surface area (Å²) in [5.41, 5.74) is 5.68. The molecule has 0 spiro atoms. The van der Waals surface area contributed by atoms with E-state index in [0.29, 0.717) is 12.1 Å². The van der Waals surface area contributed by atoms with Crippen LogP contribution in [-0.4, -0.2) is 33.1 Å². The van der Waals surface area contributed by atoms with Gasteiger partial charge in [0, 0.05) is 48.0 Å². The Morgan fingerprint density at radius 1 is 1.06 bits per heavy atom. The average molecular weight is 417 g/mol. The van der Waals surface area contributed by atoms with Crippen LogP contribution in [0.1, 0.15) is 47.2 Å². The summed E-state index contributed by atoms with van der Waals surface area (Å²) in [5, 5.41) is 16.6. The zero-order chi connectivity index (χ0) is 21.6. The molecule has 31 heavy (non-hydrogen) atoms. The highest BCUT2D eigenvalue weighted by molar-refractivity contribution is 5.94. The fourth-order valence-corrected chi connectivity index (χ4v) is 3.96. The van der Waals surface area contributed by atoms with E-state index in [1.807, 2.05) is 55.7 Å². The topological polar surface area (TPSA) is 87.1 Å². The van der Waals surface area contributed by atoms with E-state index in [0.717, 1.165) is 53.6 Å². The van der Waals surface area contributed by atoms with E-state index < -0.39 is 6.10 Å². The van der Waals surface area contributed by atoms with Gasteiger partial charge in [0.05, 0.1) is 17.8 Å². The highest BCUT2D eigenvalue weighted by atomic mass is 16.3. The van der Waals surface area contributed by atoms with Gasteiger partial charge >= 0.3 is 0 Å². The average Bonchev–Trinajstić information content (AvgIpc) is 2.81. The molecule has 0 aliphatic heterocycles. The van der Waals surface area contributed by atoms with E-state index in [-0.39, 0.29) is 11.9 Å². The van der Waals surface area contributed by atoms with E-state index in [9.17, 15) is 9.90 Å². The molecule has 3 aromatic rings. The van der Waals surface area contributed by atoms with Crippen LogP contribution in [-0.2, 0) is 6.54 Å². The van der Waals surface area contributed by atoms with Gasteiger partial charge in [-0.1, -0.05) is 25.0 Å². The maximum absolute atomic E-state index is 12.7. The summed E-state index contributed by atoms with van der Waals surface area (Å²) in [6.07, 6.45) is 10.4. The number of nitrogens with zero attached hydrogens (tertiary/aromatic N) is 2. The zero-order valence-corrected chi connectivity index (χ0v) is 17.7. The quantitative estimate of drug-likeness (QED) is 0.563. The molecule has 3 N–H and O–H groups in total. The zero-order valence-electron chi connectivity index (χ0n) is 17.7. The number of pyridine rings is 2. The van der Waals surface area contributed by atoms with Gasteiger partial charge in [-0.2, -0.15) is 0 Å². The molecule has 0 bridgehead atoms. The third-order valence-corrected chi connectivity index (χ3v) is 5.87. The van der Waals surface area contributed by atoms with Crippen molar-refractivity contribution in [2.45, 2.75) is 51.3 Å². The van der Waals surface area contributed by atoms with Crippen molar-refractivity contribution in [1.29, 1.82) is 0 Å². The van der Waals surface area contributed by atoms with Crippen LogP contribution in [0.5, 0.6) is 0 Å². The van der Waals surface area contributed by atoms with Gasteiger partial charge in [-0.25, -0.2) is 0 Å². The normalized spacial score (nSPS) is 18.4. The first-order valence-corrected chi connectivity index (χ1v) is 10.8. The molecule has 6 nitrogen and oxygen atoms in total. The van der Waals surface area contributed by atoms with Gasteiger partial charge in [-0.15, -0.1) is 0 Å². The number of aliphatic hydroxyl groups is 1. The summed E-state index contributed by atoms with van der Waals surface area (Å²) in [5.74, 6) is -0.132. The molecule has 2 atom stereocenters. The summed E-state index contributed by atoms with van der Waals surface area (Å²) in [7, 11) is 0. The SMILES string of the molecule is Cc1ccc(C(=O)N[C@H]2CCCC[C@@H]2O)cc1CNc1cncc(-c2cccnc2)c1. The third kappa shape index (κ3) is 5.27. The number of aliphatic hydroxyl groups excluding tert-OH is 1. The molecule has 1 aromatic carbocycles. The molecule has 4 rings (SSSR count). The van der Waals surface area contributed by atoms with Gasteiger partial charge in [0.25, 0.3) is 5.91 Å².